The van der Waals surface area contributed by atoms with Crippen LogP contribution in [0.1, 0.15) is 32.8 Å². The molecule has 3 nitrogen and oxygen atoms in total. The molecule has 0 aliphatic heterocycles. The maximum absolute atomic E-state index is 13.7. The second-order valence-electron chi connectivity index (χ2n) is 5.73. The molecule has 0 heterocycles. The molecule has 0 amide bonds. The molecule has 1 atom stereocenters. The highest BCUT2D eigenvalue weighted by atomic mass is 32.2. The maximum Gasteiger partial charge on any atom is 0.135 e. The van der Waals surface area contributed by atoms with E-state index in [-0.39, 0.29) is 23.6 Å². The number of thioether (sulfide) groups is 1. The zero-order valence-electron chi connectivity index (χ0n) is 13.8. The highest BCUT2D eigenvalue weighted by Gasteiger charge is 2.10. The summed E-state index contributed by atoms with van der Waals surface area (Å²) in [6.45, 7) is 6.41. The third-order valence-electron chi connectivity index (χ3n) is 3.25. The van der Waals surface area contributed by atoms with Crippen LogP contribution < -0.4 is 10.1 Å². The molecular formula is C17H26FNO2S. The lowest BCUT2D eigenvalue weighted by molar-refractivity contribution is -0.121. The molecule has 1 aromatic carbocycles. The number of rotatable bonds is 10. The Bertz CT molecular complexity index is 480. The molecule has 0 aliphatic carbocycles. The third-order valence-corrected chi connectivity index (χ3v) is 3.74. The molecule has 22 heavy (non-hydrogen) atoms. The topological polar surface area (TPSA) is 38.3 Å². The molecule has 0 aromatic heterocycles. The molecule has 0 radical (unpaired) electrons. The average molecular weight is 327 g/mol. The molecule has 124 valence electrons. The van der Waals surface area contributed by atoms with E-state index in [4.69, 9.17) is 4.74 Å². The van der Waals surface area contributed by atoms with Crippen LogP contribution in [0.25, 0.3) is 0 Å². The highest BCUT2D eigenvalue weighted by molar-refractivity contribution is 7.98. The molecular weight excluding hydrogens is 301 g/mol. The van der Waals surface area contributed by atoms with Crippen molar-refractivity contribution in [3.8, 4) is 5.75 Å². The predicted octanol–water partition coefficient (Wildman–Crippen LogP) is 3.66. The van der Waals surface area contributed by atoms with Crippen LogP contribution >= 0.6 is 11.8 Å². The number of aryl methyl sites for hydroxylation is 1. The van der Waals surface area contributed by atoms with E-state index in [9.17, 15) is 9.18 Å². The van der Waals surface area contributed by atoms with E-state index in [1.807, 2.05) is 33.1 Å². The Morgan fingerprint density at radius 3 is 2.68 bits per heavy atom. The Morgan fingerprint density at radius 1 is 1.32 bits per heavy atom. The molecule has 0 bridgehead atoms. The van der Waals surface area contributed by atoms with Crippen molar-refractivity contribution in [2.75, 3.05) is 18.7 Å². The monoisotopic (exact) mass is 327 g/mol. The van der Waals surface area contributed by atoms with Gasteiger partial charge in [0.25, 0.3) is 0 Å². The number of ketones is 1. The summed E-state index contributed by atoms with van der Waals surface area (Å²) < 4.78 is 19.4. The van der Waals surface area contributed by atoms with Gasteiger partial charge >= 0.3 is 0 Å². The van der Waals surface area contributed by atoms with Crippen LogP contribution in [-0.2, 0) is 11.2 Å². The van der Waals surface area contributed by atoms with Crippen molar-refractivity contribution in [1.82, 2.24) is 5.32 Å². The minimum absolute atomic E-state index is 0.0202. The van der Waals surface area contributed by atoms with Crippen LogP contribution in [0.2, 0.25) is 0 Å². The Labute approximate surface area is 137 Å². The summed E-state index contributed by atoms with van der Waals surface area (Å²) in [5.74, 6) is 1.27. The smallest absolute Gasteiger partial charge is 0.135 e. The quantitative estimate of drug-likeness (QED) is 0.526. The number of hydrogen-bond donors (Lipinski definition) is 1. The molecule has 0 unspecified atom stereocenters. The van der Waals surface area contributed by atoms with E-state index in [0.717, 1.165) is 11.4 Å². The number of ether oxygens (including phenoxy) is 1. The lowest BCUT2D eigenvalue weighted by atomic mass is 10.0. The van der Waals surface area contributed by atoms with Crippen LogP contribution in [0.3, 0.4) is 0 Å². The number of Topliss-reactive ketones (excluding diaryl/α,β-unsaturated/α-hetero) is 1. The van der Waals surface area contributed by atoms with Crippen molar-refractivity contribution in [3.63, 3.8) is 0 Å². The number of carbonyl (C=O) groups excluding carboxylic acids is 1. The number of benzene rings is 1. The maximum atomic E-state index is 13.7. The fourth-order valence-corrected chi connectivity index (χ4v) is 2.35. The van der Waals surface area contributed by atoms with E-state index in [1.54, 1.807) is 11.8 Å². The largest absolute Gasteiger partial charge is 0.489 e. The van der Waals surface area contributed by atoms with Gasteiger partial charge in [-0.3, -0.25) is 4.79 Å². The summed E-state index contributed by atoms with van der Waals surface area (Å²) in [7, 11) is 0. The van der Waals surface area contributed by atoms with E-state index in [1.165, 1.54) is 12.1 Å². The van der Waals surface area contributed by atoms with Crippen molar-refractivity contribution < 1.29 is 13.9 Å². The predicted molar refractivity (Wildman–Crippen MR) is 91.0 cm³/mol. The molecule has 0 saturated heterocycles. The molecule has 0 saturated carbocycles. The first-order valence-electron chi connectivity index (χ1n) is 7.61. The SMILES string of the molecule is CSCNC[C@@H](C)Oc1cc(F)cc(CCC(=O)C(C)C)c1. The minimum atomic E-state index is -0.325. The van der Waals surface area contributed by atoms with Crippen LogP contribution in [0.15, 0.2) is 18.2 Å². The van der Waals surface area contributed by atoms with E-state index < -0.39 is 0 Å². The highest BCUT2D eigenvalue weighted by Crippen LogP contribution is 2.19. The second kappa shape index (κ2) is 9.85. The molecule has 1 rings (SSSR count). The van der Waals surface area contributed by atoms with Crippen molar-refractivity contribution in [2.45, 2.75) is 39.7 Å². The fourth-order valence-electron chi connectivity index (χ4n) is 2.03. The van der Waals surface area contributed by atoms with E-state index in [2.05, 4.69) is 5.32 Å². The summed E-state index contributed by atoms with van der Waals surface area (Å²) in [5, 5.41) is 3.24. The molecule has 0 spiro atoms. The Morgan fingerprint density at radius 2 is 2.05 bits per heavy atom. The van der Waals surface area contributed by atoms with Crippen LogP contribution in [-0.4, -0.2) is 30.6 Å². The van der Waals surface area contributed by atoms with Gasteiger partial charge < -0.3 is 10.1 Å². The Balaban J connectivity index is 2.59. The average Bonchev–Trinajstić information content (AvgIpc) is 2.44. The van der Waals surface area contributed by atoms with Crippen molar-refractivity contribution in [3.05, 3.63) is 29.6 Å². The summed E-state index contributed by atoms with van der Waals surface area (Å²) in [5.41, 5.74) is 0.799. The van der Waals surface area contributed by atoms with E-state index in [0.29, 0.717) is 25.1 Å². The fraction of sp³-hybridized carbons (Fsp3) is 0.588. The van der Waals surface area contributed by atoms with Gasteiger partial charge in [0.1, 0.15) is 23.5 Å². The Kier molecular flexibility index (Phi) is 8.49. The first-order chi connectivity index (χ1) is 10.4. The van der Waals surface area contributed by atoms with Crippen LogP contribution in [0, 0.1) is 11.7 Å². The first kappa shape index (κ1) is 19.0. The summed E-state index contributed by atoms with van der Waals surface area (Å²) in [4.78, 5) is 11.7. The summed E-state index contributed by atoms with van der Waals surface area (Å²) in [6, 6.07) is 4.68. The number of nitrogens with one attached hydrogen (secondary N) is 1. The molecule has 0 fully saturated rings. The zero-order valence-corrected chi connectivity index (χ0v) is 14.6. The third kappa shape index (κ3) is 7.27. The van der Waals surface area contributed by atoms with Crippen molar-refractivity contribution in [1.29, 1.82) is 0 Å². The van der Waals surface area contributed by atoms with Gasteiger partial charge in [-0.05, 0) is 37.3 Å². The van der Waals surface area contributed by atoms with Gasteiger partial charge in [0.15, 0.2) is 0 Å². The normalized spacial score (nSPS) is 12.5. The minimum Gasteiger partial charge on any atom is -0.489 e. The lowest BCUT2D eigenvalue weighted by Crippen LogP contribution is -2.28. The summed E-state index contributed by atoms with van der Waals surface area (Å²) in [6.07, 6.45) is 2.96. The van der Waals surface area contributed by atoms with Crippen molar-refractivity contribution >= 4 is 17.5 Å². The van der Waals surface area contributed by atoms with Gasteiger partial charge in [0.2, 0.25) is 0 Å². The van der Waals surface area contributed by atoms with Gasteiger partial charge in [-0.15, -0.1) is 11.8 Å². The number of halogens is 1. The van der Waals surface area contributed by atoms with Gasteiger partial charge in [-0.2, -0.15) is 0 Å². The molecule has 5 heteroatoms. The van der Waals surface area contributed by atoms with Crippen LogP contribution in [0.5, 0.6) is 5.75 Å². The summed E-state index contributed by atoms with van der Waals surface area (Å²) >= 11 is 1.71. The molecule has 0 aliphatic rings. The molecule has 1 aromatic rings. The Hall–Kier alpha value is -1.07. The van der Waals surface area contributed by atoms with Gasteiger partial charge in [0.05, 0.1) is 0 Å². The first-order valence-corrected chi connectivity index (χ1v) is 9.00. The standard InChI is InChI=1S/C17H26FNO2S/c1-12(2)17(20)6-5-14-7-15(18)9-16(8-14)21-13(3)10-19-11-22-4/h7-9,12-13,19H,5-6,10-11H2,1-4H3/t13-/m1/s1. The van der Waals surface area contributed by atoms with Crippen LogP contribution in [0.4, 0.5) is 4.39 Å². The van der Waals surface area contributed by atoms with Gasteiger partial charge in [-0.1, -0.05) is 13.8 Å². The lowest BCUT2D eigenvalue weighted by Gasteiger charge is -2.16. The number of hydrogen-bond acceptors (Lipinski definition) is 4. The van der Waals surface area contributed by atoms with Gasteiger partial charge in [0, 0.05) is 30.8 Å². The van der Waals surface area contributed by atoms with Crippen molar-refractivity contribution in [2.24, 2.45) is 5.92 Å². The van der Waals surface area contributed by atoms with E-state index >= 15 is 0 Å². The zero-order chi connectivity index (χ0) is 16.5. The number of carbonyl (C=O) groups is 1. The van der Waals surface area contributed by atoms with Gasteiger partial charge in [-0.25, -0.2) is 4.39 Å². The molecule has 1 N–H and O–H groups in total. The second-order valence-corrected chi connectivity index (χ2v) is 6.60.